The Kier molecular flexibility index (Phi) is 11.8. The van der Waals surface area contributed by atoms with Gasteiger partial charge in [-0.05, 0) is 86.7 Å². The van der Waals surface area contributed by atoms with E-state index in [2.05, 4.69) is 21.2 Å². The van der Waals surface area contributed by atoms with Gasteiger partial charge in [0.15, 0.2) is 0 Å². The van der Waals surface area contributed by atoms with Crippen LogP contribution in [0.5, 0.6) is 0 Å². The second kappa shape index (κ2) is 15.6. The second-order valence-corrected chi connectivity index (χ2v) is 14.5. The highest BCUT2D eigenvalue weighted by Crippen LogP contribution is 2.29. The van der Waals surface area contributed by atoms with Crippen molar-refractivity contribution in [3.8, 4) is 0 Å². The molecule has 0 saturated heterocycles. The summed E-state index contributed by atoms with van der Waals surface area (Å²) < 4.78 is 30.7. The van der Waals surface area contributed by atoms with E-state index in [-0.39, 0.29) is 29.8 Å². The number of hydrogen-bond donors (Lipinski definition) is 1. The summed E-state index contributed by atoms with van der Waals surface area (Å²) in [5.74, 6) is -0.775. The summed E-state index contributed by atoms with van der Waals surface area (Å²) in [6, 6.07) is 28.1. The van der Waals surface area contributed by atoms with E-state index in [4.69, 9.17) is 0 Å². The van der Waals surface area contributed by atoms with Crippen LogP contribution in [0.15, 0.2) is 106 Å². The molecule has 1 N–H and O–H groups in total. The zero-order chi connectivity index (χ0) is 33.4. The molecular formula is C37H42BrN3O4S. The van der Waals surface area contributed by atoms with Gasteiger partial charge in [0.1, 0.15) is 12.6 Å². The van der Waals surface area contributed by atoms with E-state index in [1.807, 2.05) is 95.3 Å². The van der Waals surface area contributed by atoms with Gasteiger partial charge in [-0.1, -0.05) is 95.1 Å². The number of nitrogens with zero attached hydrogens (tertiary/aromatic N) is 2. The zero-order valence-corrected chi connectivity index (χ0v) is 29.4. The topological polar surface area (TPSA) is 86.8 Å². The van der Waals surface area contributed by atoms with Crippen LogP contribution in [0.4, 0.5) is 5.69 Å². The van der Waals surface area contributed by atoms with E-state index in [1.165, 1.54) is 9.21 Å². The van der Waals surface area contributed by atoms with Crippen LogP contribution in [0.2, 0.25) is 0 Å². The van der Waals surface area contributed by atoms with Crippen LogP contribution in [0.3, 0.4) is 0 Å². The van der Waals surface area contributed by atoms with Crippen LogP contribution in [-0.4, -0.2) is 43.8 Å². The highest BCUT2D eigenvalue weighted by Gasteiger charge is 2.35. The number of sulfonamides is 1. The fourth-order valence-corrected chi connectivity index (χ4v) is 6.87. The predicted octanol–water partition coefficient (Wildman–Crippen LogP) is 7.12. The molecule has 0 bridgehead atoms. The summed E-state index contributed by atoms with van der Waals surface area (Å²) in [6.45, 7) is 9.19. The number of carbonyl (C=O) groups excluding carboxylic acids is 2. The summed E-state index contributed by atoms with van der Waals surface area (Å²) in [6.07, 6.45) is 0.985. The molecule has 46 heavy (non-hydrogen) atoms. The fraction of sp³-hybridized carbons (Fsp3) is 0.297. The Labute approximate surface area is 281 Å². The molecule has 7 nitrogen and oxygen atoms in total. The van der Waals surface area contributed by atoms with Gasteiger partial charge in [0.05, 0.1) is 10.6 Å². The molecular weight excluding hydrogens is 662 g/mol. The quantitative estimate of drug-likeness (QED) is 0.161. The van der Waals surface area contributed by atoms with Crippen LogP contribution in [0, 0.1) is 20.8 Å². The Morgan fingerprint density at radius 1 is 0.826 bits per heavy atom. The minimum atomic E-state index is -4.17. The standard InChI is InChI=1S/C37H42BrN3O4S/c1-6-28(4)39-37(43)35(23-30-12-8-7-9-13-30)40(24-31-17-19-32(38)20-18-31)36(42)25-41(34-14-10-11-27(3)29(34)5)46(44,45)33-21-15-26(2)16-22-33/h7-22,28,35H,6,23-25H2,1-5H3,(H,39,43)/t28-,35+/m0/s1. The lowest BCUT2D eigenvalue weighted by atomic mass is 10.0. The van der Waals surface area contributed by atoms with E-state index in [1.54, 1.807) is 36.4 Å². The molecule has 2 amide bonds. The molecule has 4 rings (SSSR count). The molecule has 0 spiro atoms. The molecule has 0 aliphatic rings. The van der Waals surface area contributed by atoms with Crippen molar-refractivity contribution in [2.24, 2.45) is 0 Å². The van der Waals surface area contributed by atoms with E-state index >= 15 is 0 Å². The fourth-order valence-electron chi connectivity index (χ4n) is 5.14. The van der Waals surface area contributed by atoms with E-state index < -0.39 is 28.5 Å². The highest BCUT2D eigenvalue weighted by molar-refractivity contribution is 9.10. The largest absolute Gasteiger partial charge is 0.352 e. The van der Waals surface area contributed by atoms with Gasteiger partial charge in [-0.2, -0.15) is 0 Å². The van der Waals surface area contributed by atoms with Crippen molar-refractivity contribution in [2.45, 2.75) is 71.0 Å². The summed E-state index contributed by atoms with van der Waals surface area (Å²) in [4.78, 5) is 30.2. The maximum Gasteiger partial charge on any atom is 0.264 e. The number of rotatable bonds is 13. The third-order valence-corrected chi connectivity index (χ3v) is 10.6. The van der Waals surface area contributed by atoms with Crippen molar-refractivity contribution in [3.63, 3.8) is 0 Å². The first kappa shape index (κ1) is 34.9. The summed E-state index contributed by atoms with van der Waals surface area (Å²) in [5, 5.41) is 3.07. The van der Waals surface area contributed by atoms with Crippen LogP contribution >= 0.6 is 15.9 Å². The van der Waals surface area contributed by atoms with Gasteiger partial charge in [0, 0.05) is 23.5 Å². The monoisotopic (exact) mass is 703 g/mol. The molecule has 2 atom stereocenters. The van der Waals surface area contributed by atoms with Gasteiger partial charge >= 0.3 is 0 Å². The Hall–Kier alpha value is -3.95. The summed E-state index contributed by atoms with van der Waals surface area (Å²) in [5.41, 5.74) is 4.69. The van der Waals surface area contributed by atoms with Gasteiger partial charge in [0.2, 0.25) is 11.8 Å². The molecule has 0 radical (unpaired) electrons. The molecule has 0 aliphatic carbocycles. The van der Waals surface area contributed by atoms with E-state index in [0.29, 0.717) is 5.69 Å². The number of halogens is 1. The lowest BCUT2D eigenvalue weighted by molar-refractivity contribution is -0.140. The molecule has 0 aromatic heterocycles. The lowest BCUT2D eigenvalue weighted by Crippen LogP contribution is -2.54. The third-order valence-electron chi connectivity index (χ3n) is 8.27. The smallest absolute Gasteiger partial charge is 0.264 e. The van der Waals surface area contributed by atoms with E-state index in [9.17, 15) is 18.0 Å². The first-order valence-corrected chi connectivity index (χ1v) is 17.7. The average molecular weight is 705 g/mol. The number of carbonyl (C=O) groups is 2. The van der Waals surface area contributed by atoms with Crippen molar-refractivity contribution in [1.82, 2.24) is 10.2 Å². The molecule has 0 unspecified atom stereocenters. The summed E-state index contributed by atoms with van der Waals surface area (Å²) >= 11 is 3.47. The number of amides is 2. The molecule has 0 fully saturated rings. The number of benzene rings is 4. The van der Waals surface area contributed by atoms with Gasteiger partial charge in [-0.25, -0.2) is 8.42 Å². The van der Waals surface area contributed by atoms with E-state index in [0.717, 1.165) is 38.7 Å². The lowest BCUT2D eigenvalue weighted by Gasteiger charge is -2.34. The van der Waals surface area contributed by atoms with Crippen LogP contribution in [0.1, 0.15) is 48.1 Å². The molecule has 4 aromatic carbocycles. The van der Waals surface area contributed by atoms with Crippen molar-refractivity contribution >= 4 is 43.5 Å². The molecule has 0 saturated carbocycles. The number of anilines is 1. The van der Waals surface area contributed by atoms with Crippen molar-refractivity contribution < 1.29 is 18.0 Å². The first-order valence-electron chi connectivity index (χ1n) is 15.4. The van der Waals surface area contributed by atoms with Gasteiger partial charge in [-0.15, -0.1) is 0 Å². The Bertz CT molecular complexity index is 1740. The van der Waals surface area contributed by atoms with Crippen molar-refractivity contribution in [3.05, 3.63) is 129 Å². The first-order chi connectivity index (χ1) is 21.9. The van der Waals surface area contributed by atoms with Gasteiger partial charge < -0.3 is 10.2 Å². The summed E-state index contributed by atoms with van der Waals surface area (Å²) in [7, 11) is -4.17. The van der Waals surface area contributed by atoms with Gasteiger partial charge in [0.25, 0.3) is 10.0 Å². The van der Waals surface area contributed by atoms with Crippen LogP contribution < -0.4 is 9.62 Å². The molecule has 242 valence electrons. The maximum absolute atomic E-state index is 14.6. The van der Waals surface area contributed by atoms with Crippen LogP contribution in [-0.2, 0) is 32.6 Å². The normalized spacial score (nSPS) is 12.7. The Balaban J connectivity index is 1.83. The molecule has 0 heterocycles. The van der Waals surface area contributed by atoms with Crippen molar-refractivity contribution in [1.29, 1.82) is 0 Å². The zero-order valence-electron chi connectivity index (χ0n) is 27.0. The molecule has 0 aliphatic heterocycles. The average Bonchev–Trinajstić information content (AvgIpc) is 3.04. The molecule has 9 heteroatoms. The van der Waals surface area contributed by atoms with Gasteiger partial charge in [-0.3, -0.25) is 13.9 Å². The minimum absolute atomic E-state index is 0.0848. The van der Waals surface area contributed by atoms with Crippen LogP contribution in [0.25, 0.3) is 0 Å². The predicted molar refractivity (Wildman–Crippen MR) is 188 cm³/mol. The Morgan fingerprint density at radius 3 is 2.11 bits per heavy atom. The Morgan fingerprint density at radius 2 is 1.48 bits per heavy atom. The minimum Gasteiger partial charge on any atom is -0.352 e. The highest BCUT2D eigenvalue weighted by atomic mass is 79.9. The van der Waals surface area contributed by atoms with Crippen molar-refractivity contribution in [2.75, 3.05) is 10.8 Å². The number of hydrogen-bond acceptors (Lipinski definition) is 4. The SMILES string of the molecule is CC[C@H](C)NC(=O)[C@@H](Cc1ccccc1)N(Cc1ccc(Br)cc1)C(=O)CN(c1cccc(C)c1C)S(=O)(=O)c1ccc(C)cc1. The second-order valence-electron chi connectivity index (χ2n) is 11.7. The number of nitrogens with one attached hydrogen (secondary N) is 1. The third kappa shape index (κ3) is 8.65. The maximum atomic E-state index is 14.6. The number of aryl methyl sites for hydroxylation is 2. The molecule has 4 aromatic rings.